The highest BCUT2D eigenvalue weighted by Crippen LogP contribution is 2.40. The number of benzene rings is 2. The molecule has 3 rings (SSSR count). The number of amides is 1. The fraction of sp³-hybridized carbons (Fsp3) is 0.235. The summed E-state index contributed by atoms with van der Waals surface area (Å²) in [5.41, 5.74) is 8.41. The largest absolute Gasteiger partial charge is 0.368 e. The maximum atomic E-state index is 12.3. The first kappa shape index (κ1) is 12.9. The molecular weight excluding hydrogens is 248 g/mol. The molecule has 0 bridgehead atoms. The number of nitrogens with two attached hydrogens (primary N) is 1. The minimum absolute atomic E-state index is 0.284. The van der Waals surface area contributed by atoms with Crippen LogP contribution in [0.1, 0.15) is 16.7 Å². The summed E-state index contributed by atoms with van der Waals surface area (Å²) >= 11 is 0. The first-order valence-electron chi connectivity index (χ1n) is 6.78. The Balaban J connectivity index is 2.11. The molecule has 102 valence electrons. The molecule has 1 unspecified atom stereocenters. The van der Waals surface area contributed by atoms with Crippen LogP contribution in [0.5, 0.6) is 0 Å². The summed E-state index contributed by atoms with van der Waals surface area (Å²) < 4.78 is 0. The first-order valence-corrected chi connectivity index (χ1v) is 6.78. The monoisotopic (exact) mass is 266 g/mol. The van der Waals surface area contributed by atoms with E-state index in [2.05, 4.69) is 11.0 Å². The molecule has 2 aromatic carbocycles. The number of hydrogen-bond acceptors (Lipinski definition) is 2. The van der Waals surface area contributed by atoms with E-state index in [1.165, 1.54) is 5.56 Å². The zero-order valence-electron chi connectivity index (χ0n) is 11.5. The second-order valence-corrected chi connectivity index (χ2v) is 5.40. The molecule has 1 atom stereocenters. The molecule has 0 fully saturated rings. The van der Waals surface area contributed by atoms with Gasteiger partial charge < -0.3 is 5.73 Å². The van der Waals surface area contributed by atoms with Crippen molar-refractivity contribution in [2.24, 2.45) is 5.73 Å². The van der Waals surface area contributed by atoms with Gasteiger partial charge in [-0.2, -0.15) is 0 Å². The summed E-state index contributed by atoms with van der Waals surface area (Å²) in [6, 6.07) is 18.1. The van der Waals surface area contributed by atoms with Gasteiger partial charge >= 0.3 is 0 Å². The molecule has 1 aliphatic heterocycles. The number of carbonyl (C=O) groups excluding carboxylic acids is 1. The van der Waals surface area contributed by atoms with E-state index in [9.17, 15) is 4.79 Å². The van der Waals surface area contributed by atoms with E-state index < -0.39 is 5.54 Å². The van der Waals surface area contributed by atoms with Crippen LogP contribution in [0.25, 0.3) is 0 Å². The molecule has 1 amide bonds. The molecule has 0 aliphatic carbocycles. The van der Waals surface area contributed by atoms with Crippen LogP contribution in [0.4, 0.5) is 0 Å². The highest BCUT2D eigenvalue weighted by Gasteiger charge is 2.47. The Morgan fingerprint density at radius 3 is 2.50 bits per heavy atom. The summed E-state index contributed by atoms with van der Waals surface area (Å²) in [5, 5.41) is 0. The Morgan fingerprint density at radius 2 is 1.80 bits per heavy atom. The van der Waals surface area contributed by atoms with Crippen molar-refractivity contribution in [3.8, 4) is 0 Å². The van der Waals surface area contributed by atoms with Crippen molar-refractivity contribution < 1.29 is 4.79 Å². The Bertz CT molecular complexity index is 638. The van der Waals surface area contributed by atoms with E-state index >= 15 is 0 Å². The van der Waals surface area contributed by atoms with Crippen LogP contribution in [0.3, 0.4) is 0 Å². The number of fused-ring (bicyclic) bond motifs is 1. The molecule has 0 spiro atoms. The van der Waals surface area contributed by atoms with Crippen molar-refractivity contribution in [1.29, 1.82) is 0 Å². The van der Waals surface area contributed by atoms with Crippen LogP contribution in [0.2, 0.25) is 0 Å². The molecule has 3 heteroatoms. The lowest BCUT2D eigenvalue weighted by Gasteiger charge is -2.34. The topological polar surface area (TPSA) is 46.3 Å². The van der Waals surface area contributed by atoms with Crippen LogP contribution in [0.15, 0.2) is 54.6 Å². The van der Waals surface area contributed by atoms with Crippen molar-refractivity contribution in [2.75, 3.05) is 7.05 Å². The number of primary amides is 1. The van der Waals surface area contributed by atoms with Crippen LogP contribution >= 0.6 is 0 Å². The van der Waals surface area contributed by atoms with Gasteiger partial charge in [0.05, 0.1) is 0 Å². The summed E-state index contributed by atoms with van der Waals surface area (Å²) in [4.78, 5) is 14.3. The lowest BCUT2D eigenvalue weighted by molar-refractivity contribution is -0.129. The Morgan fingerprint density at radius 1 is 1.15 bits per heavy atom. The molecule has 1 heterocycles. The van der Waals surface area contributed by atoms with Gasteiger partial charge in [0.1, 0.15) is 5.54 Å². The zero-order valence-corrected chi connectivity index (χ0v) is 11.5. The molecule has 3 nitrogen and oxygen atoms in total. The third-order valence-corrected chi connectivity index (χ3v) is 4.23. The third-order valence-electron chi connectivity index (χ3n) is 4.23. The third kappa shape index (κ3) is 1.82. The van der Waals surface area contributed by atoms with Gasteiger partial charge in [-0.05, 0) is 23.7 Å². The van der Waals surface area contributed by atoms with E-state index in [0.29, 0.717) is 6.42 Å². The molecule has 1 aliphatic rings. The van der Waals surface area contributed by atoms with Crippen LogP contribution in [-0.2, 0) is 23.3 Å². The minimum atomic E-state index is -0.738. The quantitative estimate of drug-likeness (QED) is 0.924. The predicted molar refractivity (Wildman–Crippen MR) is 78.9 cm³/mol. The SMILES string of the molecule is CN1Cc2ccccc2C1(Cc1ccccc1)C(N)=O. The number of hydrogen-bond donors (Lipinski definition) is 1. The van der Waals surface area contributed by atoms with Gasteiger partial charge in [-0.3, -0.25) is 9.69 Å². The molecular formula is C17H18N2O. The van der Waals surface area contributed by atoms with E-state index in [4.69, 9.17) is 5.73 Å². The predicted octanol–water partition coefficient (Wildman–Crippen LogP) is 2.06. The fourth-order valence-electron chi connectivity index (χ4n) is 3.19. The molecule has 0 saturated carbocycles. The van der Waals surface area contributed by atoms with Gasteiger partial charge in [0.25, 0.3) is 0 Å². The van der Waals surface area contributed by atoms with Gasteiger partial charge in [0.2, 0.25) is 5.91 Å². The summed E-state index contributed by atoms with van der Waals surface area (Å²) in [6.07, 6.45) is 0.608. The average molecular weight is 266 g/mol. The van der Waals surface area contributed by atoms with Gasteiger partial charge in [-0.15, -0.1) is 0 Å². The average Bonchev–Trinajstić information content (AvgIpc) is 2.74. The molecule has 2 N–H and O–H groups in total. The van der Waals surface area contributed by atoms with Gasteiger partial charge in [0, 0.05) is 13.0 Å². The van der Waals surface area contributed by atoms with Gasteiger partial charge in [-0.1, -0.05) is 54.6 Å². The van der Waals surface area contributed by atoms with Crippen molar-refractivity contribution in [2.45, 2.75) is 18.5 Å². The summed E-state index contributed by atoms with van der Waals surface area (Å²) in [7, 11) is 1.97. The van der Waals surface area contributed by atoms with Crippen LogP contribution < -0.4 is 5.73 Å². The lowest BCUT2D eigenvalue weighted by Crippen LogP contribution is -2.51. The van der Waals surface area contributed by atoms with E-state index in [1.54, 1.807) is 0 Å². The van der Waals surface area contributed by atoms with E-state index in [0.717, 1.165) is 17.7 Å². The van der Waals surface area contributed by atoms with Gasteiger partial charge in [0.15, 0.2) is 0 Å². The molecule has 0 radical (unpaired) electrons. The van der Waals surface area contributed by atoms with E-state index in [1.807, 2.05) is 55.6 Å². The van der Waals surface area contributed by atoms with Crippen molar-refractivity contribution in [3.63, 3.8) is 0 Å². The zero-order chi connectivity index (χ0) is 14.2. The number of rotatable bonds is 3. The molecule has 2 aromatic rings. The smallest absolute Gasteiger partial charge is 0.242 e. The number of carbonyl (C=O) groups is 1. The van der Waals surface area contributed by atoms with Crippen molar-refractivity contribution in [3.05, 3.63) is 71.3 Å². The Labute approximate surface area is 119 Å². The molecule has 0 saturated heterocycles. The summed E-state index contributed by atoms with van der Waals surface area (Å²) in [5.74, 6) is -0.284. The normalized spacial score (nSPS) is 21.6. The highest BCUT2D eigenvalue weighted by molar-refractivity contribution is 5.88. The van der Waals surface area contributed by atoms with Gasteiger partial charge in [-0.25, -0.2) is 0 Å². The van der Waals surface area contributed by atoms with Crippen LogP contribution in [0, 0.1) is 0 Å². The second-order valence-electron chi connectivity index (χ2n) is 5.40. The standard InChI is InChI=1S/C17H18N2O/c1-19-12-14-9-5-6-10-15(14)17(19,16(18)20)11-13-7-3-2-4-8-13/h2-10H,11-12H2,1H3,(H2,18,20). The summed E-state index contributed by atoms with van der Waals surface area (Å²) in [6.45, 7) is 0.756. The minimum Gasteiger partial charge on any atom is -0.368 e. The highest BCUT2D eigenvalue weighted by atomic mass is 16.1. The van der Waals surface area contributed by atoms with Crippen molar-refractivity contribution in [1.82, 2.24) is 4.90 Å². The van der Waals surface area contributed by atoms with E-state index in [-0.39, 0.29) is 5.91 Å². The Hall–Kier alpha value is -2.13. The number of nitrogens with zero attached hydrogens (tertiary/aromatic N) is 1. The van der Waals surface area contributed by atoms with Crippen LogP contribution in [-0.4, -0.2) is 17.9 Å². The van der Waals surface area contributed by atoms with Crippen molar-refractivity contribution >= 4 is 5.91 Å². The second kappa shape index (κ2) is 4.76. The molecule has 0 aromatic heterocycles. The fourth-order valence-corrected chi connectivity index (χ4v) is 3.19. The number of likely N-dealkylation sites (N-methyl/N-ethyl adjacent to an activating group) is 1. The maximum absolute atomic E-state index is 12.3. The molecule has 20 heavy (non-hydrogen) atoms. The first-order chi connectivity index (χ1) is 9.64. The lowest BCUT2D eigenvalue weighted by atomic mass is 9.83. The maximum Gasteiger partial charge on any atom is 0.242 e. The Kier molecular flexibility index (Phi) is 3.07.